The molecule has 0 aliphatic heterocycles. The van der Waals surface area contributed by atoms with Crippen molar-refractivity contribution >= 4 is 22.9 Å². The Morgan fingerprint density at radius 2 is 2.03 bits per heavy atom. The maximum Gasteiger partial charge on any atom is 0.339 e. The number of aromatic nitrogens is 3. The lowest BCUT2D eigenvalue weighted by atomic mass is 9.89. The number of hydrogen-bond acceptors (Lipinski definition) is 6. The van der Waals surface area contributed by atoms with E-state index in [1.807, 2.05) is 13.8 Å². The second kappa shape index (κ2) is 9.54. The number of pyridine rings is 1. The minimum atomic E-state index is -0.901. The fraction of sp³-hybridized carbons (Fsp3) is 0.500. The molecule has 0 spiro atoms. The number of ether oxygens (including phenoxy) is 1. The van der Waals surface area contributed by atoms with Gasteiger partial charge in [0.1, 0.15) is 5.69 Å². The molecule has 32 heavy (non-hydrogen) atoms. The average molecular weight is 439 g/mol. The Morgan fingerprint density at radius 1 is 1.25 bits per heavy atom. The minimum absolute atomic E-state index is 0.0558. The highest BCUT2D eigenvalue weighted by Gasteiger charge is 2.24. The van der Waals surface area contributed by atoms with Crippen LogP contribution in [0.15, 0.2) is 35.1 Å². The molecule has 1 N–H and O–H groups in total. The normalized spacial score (nSPS) is 15.8. The molecule has 1 saturated carbocycles. The molecule has 3 aromatic rings. The van der Waals surface area contributed by atoms with Crippen molar-refractivity contribution in [1.29, 1.82) is 0 Å². The molecule has 1 amide bonds. The summed E-state index contributed by atoms with van der Waals surface area (Å²) < 4.78 is 12.8. The van der Waals surface area contributed by atoms with E-state index in [-0.39, 0.29) is 11.9 Å². The summed E-state index contributed by atoms with van der Waals surface area (Å²) in [7, 11) is 0. The van der Waals surface area contributed by atoms with Crippen molar-refractivity contribution in [3.63, 3.8) is 0 Å². The van der Waals surface area contributed by atoms with Crippen LogP contribution >= 0.6 is 0 Å². The molecular formula is C24H30N4O4. The van der Waals surface area contributed by atoms with E-state index in [4.69, 9.17) is 9.15 Å². The maximum atomic E-state index is 13.1. The summed E-state index contributed by atoms with van der Waals surface area (Å²) in [6.45, 7) is 6.20. The quantitative estimate of drug-likeness (QED) is 0.545. The molecule has 0 radical (unpaired) electrons. The molecule has 1 atom stereocenters. The van der Waals surface area contributed by atoms with Crippen LogP contribution in [0.3, 0.4) is 0 Å². The molecule has 0 bridgehead atoms. The summed E-state index contributed by atoms with van der Waals surface area (Å²) in [5, 5.41) is 7.91. The van der Waals surface area contributed by atoms with Gasteiger partial charge in [-0.15, -0.1) is 0 Å². The van der Waals surface area contributed by atoms with Gasteiger partial charge in [-0.3, -0.25) is 4.79 Å². The second-order valence-corrected chi connectivity index (χ2v) is 8.75. The van der Waals surface area contributed by atoms with Crippen molar-refractivity contribution in [3.05, 3.63) is 36.2 Å². The van der Waals surface area contributed by atoms with E-state index >= 15 is 0 Å². The zero-order chi connectivity index (χ0) is 22.7. The van der Waals surface area contributed by atoms with E-state index in [1.165, 1.54) is 19.3 Å². The number of nitrogens with zero attached hydrogens (tertiary/aromatic N) is 3. The lowest BCUT2D eigenvalue weighted by molar-refractivity contribution is -0.129. The summed E-state index contributed by atoms with van der Waals surface area (Å²) in [6.07, 6.45) is 8.23. The third-order valence-electron chi connectivity index (χ3n) is 5.99. The largest absolute Gasteiger partial charge is 0.463 e. The van der Waals surface area contributed by atoms with Gasteiger partial charge in [0.2, 0.25) is 0 Å². The summed E-state index contributed by atoms with van der Waals surface area (Å²) in [4.78, 5) is 30.3. The third kappa shape index (κ3) is 4.69. The lowest BCUT2D eigenvalue weighted by Crippen LogP contribution is -2.38. The van der Waals surface area contributed by atoms with Gasteiger partial charge in [0, 0.05) is 12.6 Å². The van der Waals surface area contributed by atoms with Crippen LogP contribution in [0.2, 0.25) is 0 Å². The van der Waals surface area contributed by atoms with Gasteiger partial charge in [-0.1, -0.05) is 19.3 Å². The number of esters is 1. The molecule has 4 rings (SSSR count). The number of hydrogen-bond donors (Lipinski definition) is 1. The first-order valence-electron chi connectivity index (χ1n) is 11.3. The molecule has 1 aliphatic rings. The van der Waals surface area contributed by atoms with Gasteiger partial charge in [0.25, 0.3) is 5.91 Å². The van der Waals surface area contributed by atoms with Crippen molar-refractivity contribution in [2.75, 3.05) is 6.54 Å². The van der Waals surface area contributed by atoms with Crippen LogP contribution in [-0.2, 0) is 9.53 Å². The summed E-state index contributed by atoms with van der Waals surface area (Å²) in [6, 6.07) is 5.22. The molecule has 0 aromatic carbocycles. The number of furan rings is 1. The van der Waals surface area contributed by atoms with E-state index in [2.05, 4.69) is 15.4 Å². The molecule has 8 nitrogen and oxygen atoms in total. The fourth-order valence-corrected chi connectivity index (χ4v) is 4.17. The Morgan fingerprint density at radius 3 is 2.72 bits per heavy atom. The van der Waals surface area contributed by atoms with Gasteiger partial charge in [-0.05, 0) is 57.7 Å². The van der Waals surface area contributed by atoms with Gasteiger partial charge in [0.05, 0.1) is 23.4 Å². The lowest BCUT2D eigenvalue weighted by Gasteiger charge is -2.22. The molecule has 0 saturated heterocycles. The van der Waals surface area contributed by atoms with E-state index < -0.39 is 12.1 Å². The monoisotopic (exact) mass is 438 g/mol. The molecule has 1 fully saturated rings. The van der Waals surface area contributed by atoms with Gasteiger partial charge in [-0.2, -0.15) is 5.10 Å². The first kappa shape index (κ1) is 22.0. The molecule has 3 aromatic heterocycles. The Kier molecular flexibility index (Phi) is 6.58. The molecule has 1 unspecified atom stereocenters. The molecule has 170 valence electrons. The van der Waals surface area contributed by atoms with Crippen molar-refractivity contribution in [1.82, 2.24) is 20.1 Å². The Hall–Kier alpha value is -3.16. The fourth-order valence-electron chi connectivity index (χ4n) is 4.17. The van der Waals surface area contributed by atoms with Crippen LogP contribution in [0.1, 0.15) is 69.3 Å². The SMILES string of the molecule is CC(OC(=O)c1cc(-c2ccco2)nc2c1cnn2C(C)C)C(=O)NCC1CCCCC1. The predicted octanol–water partition coefficient (Wildman–Crippen LogP) is 4.51. The van der Waals surface area contributed by atoms with Crippen molar-refractivity contribution < 1.29 is 18.7 Å². The average Bonchev–Trinajstić information content (AvgIpc) is 3.47. The van der Waals surface area contributed by atoms with Crippen molar-refractivity contribution in [3.8, 4) is 11.5 Å². The zero-order valence-corrected chi connectivity index (χ0v) is 18.8. The first-order chi connectivity index (χ1) is 15.4. The van der Waals surface area contributed by atoms with Crippen molar-refractivity contribution in [2.45, 2.75) is 65.0 Å². The highest BCUT2D eigenvalue weighted by molar-refractivity contribution is 6.04. The third-order valence-corrected chi connectivity index (χ3v) is 5.99. The van der Waals surface area contributed by atoms with Crippen LogP contribution in [-0.4, -0.2) is 39.3 Å². The van der Waals surface area contributed by atoms with Crippen LogP contribution < -0.4 is 5.32 Å². The molecule has 1 aliphatic carbocycles. The summed E-state index contributed by atoms with van der Waals surface area (Å²) in [5.41, 5.74) is 1.38. The zero-order valence-electron chi connectivity index (χ0n) is 18.8. The smallest absolute Gasteiger partial charge is 0.339 e. The van der Waals surface area contributed by atoms with Crippen LogP contribution in [0.4, 0.5) is 0 Å². The Labute approximate surface area is 187 Å². The number of carbonyl (C=O) groups is 2. The van der Waals surface area contributed by atoms with E-state index in [9.17, 15) is 9.59 Å². The van der Waals surface area contributed by atoms with Crippen molar-refractivity contribution in [2.24, 2.45) is 5.92 Å². The number of amides is 1. The number of rotatable bonds is 7. The summed E-state index contributed by atoms with van der Waals surface area (Å²) in [5.74, 6) is 0.177. The Bertz CT molecular complexity index is 1080. The predicted molar refractivity (Wildman–Crippen MR) is 120 cm³/mol. The summed E-state index contributed by atoms with van der Waals surface area (Å²) >= 11 is 0. The van der Waals surface area contributed by atoms with Gasteiger partial charge >= 0.3 is 5.97 Å². The van der Waals surface area contributed by atoms with Crippen LogP contribution in [0, 0.1) is 5.92 Å². The molecule has 8 heteroatoms. The first-order valence-corrected chi connectivity index (χ1v) is 11.3. The number of carbonyl (C=O) groups excluding carboxylic acids is 2. The standard InChI is InChI=1S/C24H30N4O4/c1-15(2)28-22-19(14-26-28)18(12-20(27-22)21-10-7-11-31-21)24(30)32-16(3)23(29)25-13-17-8-5-4-6-9-17/h7,10-12,14-17H,4-6,8-9,13H2,1-3H3,(H,25,29). The highest BCUT2D eigenvalue weighted by atomic mass is 16.5. The van der Waals surface area contributed by atoms with E-state index in [1.54, 1.807) is 42.3 Å². The molecular weight excluding hydrogens is 408 g/mol. The van der Waals surface area contributed by atoms with E-state index in [0.29, 0.717) is 40.5 Å². The van der Waals surface area contributed by atoms with Gasteiger partial charge in [0.15, 0.2) is 17.5 Å². The minimum Gasteiger partial charge on any atom is -0.463 e. The van der Waals surface area contributed by atoms with Gasteiger partial charge < -0.3 is 14.5 Å². The van der Waals surface area contributed by atoms with Crippen LogP contribution in [0.25, 0.3) is 22.5 Å². The number of nitrogens with one attached hydrogen (secondary N) is 1. The Balaban J connectivity index is 1.53. The van der Waals surface area contributed by atoms with Crippen LogP contribution in [0.5, 0.6) is 0 Å². The number of fused-ring (bicyclic) bond motifs is 1. The topological polar surface area (TPSA) is 99.2 Å². The van der Waals surface area contributed by atoms with Gasteiger partial charge in [-0.25, -0.2) is 14.5 Å². The highest BCUT2D eigenvalue weighted by Crippen LogP contribution is 2.27. The second-order valence-electron chi connectivity index (χ2n) is 8.75. The maximum absolute atomic E-state index is 13.1. The van der Waals surface area contributed by atoms with E-state index in [0.717, 1.165) is 12.8 Å². The molecule has 3 heterocycles.